The SMILES string of the molecule is CCCNCCCS(=O)(=O)Nc1ccc(F)c(C)c1. The molecule has 0 aliphatic rings. The van der Waals surface area contributed by atoms with Crippen molar-refractivity contribution in [3.05, 3.63) is 29.6 Å². The molecular formula is C13H21FN2O2S. The van der Waals surface area contributed by atoms with Gasteiger partial charge >= 0.3 is 0 Å². The predicted molar refractivity (Wildman–Crippen MR) is 76.3 cm³/mol. The molecule has 0 aliphatic carbocycles. The smallest absolute Gasteiger partial charge is 0.232 e. The molecule has 0 saturated heterocycles. The van der Waals surface area contributed by atoms with Crippen LogP contribution in [0.15, 0.2) is 18.2 Å². The number of benzene rings is 1. The second kappa shape index (κ2) is 7.45. The van der Waals surface area contributed by atoms with Crippen LogP contribution < -0.4 is 10.0 Å². The molecule has 6 heteroatoms. The first-order valence-corrected chi connectivity index (χ1v) is 8.07. The second-order valence-corrected chi connectivity index (χ2v) is 6.33. The average molecular weight is 288 g/mol. The van der Waals surface area contributed by atoms with Crippen LogP contribution in [0, 0.1) is 12.7 Å². The van der Waals surface area contributed by atoms with E-state index in [0.29, 0.717) is 24.2 Å². The van der Waals surface area contributed by atoms with Crippen LogP contribution >= 0.6 is 0 Å². The highest BCUT2D eigenvalue weighted by Crippen LogP contribution is 2.15. The van der Waals surface area contributed by atoms with Crippen molar-refractivity contribution in [2.45, 2.75) is 26.7 Å². The van der Waals surface area contributed by atoms with E-state index < -0.39 is 10.0 Å². The monoisotopic (exact) mass is 288 g/mol. The summed E-state index contributed by atoms with van der Waals surface area (Å²) in [5.41, 5.74) is 0.824. The first-order chi connectivity index (χ1) is 8.94. The minimum atomic E-state index is -3.36. The molecule has 19 heavy (non-hydrogen) atoms. The summed E-state index contributed by atoms with van der Waals surface area (Å²) in [4.78, 5) is 0. The summed E-state index contributed by atoms with van der Waals surface area (Å²) in [6, 6.07) is 4.17. The van der Waals surface area contributed by atoms with Crippen molar-refractivity contribution in [2.75, 3.05) is 23.6 Å². The van der Waals surface area contributed by atoms with E-state index in [9.17, 15) is 12.8 Å². The molecule has 2 N–H and O–H groups in total. The summed E-state index contributed by atoms with van der Waals surface area (Å²) < 4.78 is 39.1. The Morgan fingerprint density at radius 1 is 1.26 bits per heavy atom. The van der Waals surface area contributed by atoms with E-state index in [1.54, 1.807) is 6.92 Å². The normalized spacial score (nSPS) is 11.5. The van der Waals surface area contributed by atoms with Gasteiger partial charge in [0.15, 0.2) is 0 Å². The van der Waals surface area contributed by atoms with Gasteiger partial charge < -0.3 is 5.32 Å². The van der Waals surface area contributed by atoms with Gasteiger partial charge in [-0.3, -0.25) is 4.72 Å². The molecule has 0 amide bonds. The van der Waals surface area contributed by atoms with E-state index in [-0.39, 0.29) is 11.6 Å². The predicted octanol–water partition coefficient (Wildman–Crippen LogP) is 2.27. The van der Waals surface area contributed by atoms with Gasteiger partial charge in [-0.1, -0.05) is 6.92 Å². The highest BCUT2D eigenvalue weighted by molar-refractivity contribution is 7.92. The van der Waals surface area contributed by atoms with Crippen molar-refractivity contribution in [3.63, 3.8) is 0 Å². The number of hydrogen-bond acceptors (Lipinski definition) is 3. The Bertz CT molecular complexity index is 503. The molecule has 0 spiro atoms. The van der Waals surface area contributed by atoms with Gasteiger partial charge in [-0.2, -0.15) is 0 Å². The van der Waals surface area contributed by atoms with Gasteiger partial charge in [0.05, 0.1) is 5.75 Å². The van der Waals surface area contributed by atoms with Crippen LogP contribution in [0.1, 0.15) is 25.3 Å². The van der Waals surface area contributed by atoms with Gasteiger partial charge in [0.25, 0.3) is 0 Å². The molecule has 1 aromatic carbocycles. The maximum atomic E-state index is 13.1. The first kappa shape index (κ1) is 15.9. The Hall–Kier alpha value is -1.14. The molecule has 108 valence electrons. The summed E-state index contributed by atoms with van der Waals surface area (Å²) in [5.74, 6) is -0.285. The third-order valence-electron chi connectivity index (χ3n) is 2.62. The maximum Gasteiger partial charge on any atom is 0.232 e. The molecule has 0 bridgehead atoms. The largest absolute Gasteiger partial charge is 0.317 e. The number of sulfonamides is 1. The fourth-order valence-electron chi connectivity index (χ4n) is 1.63. The minimum absolute atomic E-state index is 0.0557. The maximum absolute atomic E-state index is 13.1. The van der Waals surface area contributed by atoms with Crippen molar-refractivity contribution in [2.24, 2.45) is 0 Å². The zero-order valence-corrected chi connectivity index (χ0v) is 12.2. The molecular weight excluding hydrogens is 267 g/mol. The van der Waals surface area contributed by atoms with E-state index in [1.807, 2.05) is 0 Å². The highest BCUT2D eigenvalue weighted by Gasteiger charge is 2.10. The standard InChI is InChI=1S/C13H21FN2O2S/c1-3-7-15-8-4-9-19(17,18)16-12-5-6-13(14)11(2)10-12/h5-6,10,15-16H,3-4,7-9H2,1-2H3. The molecule has 1 aromatic rings. The van der Waals surface area contributed by atoms with Crippen LogP contribution in [0.5, 0.6) is 0 Å². The zero-order chi connectivity index (χ0) is 14.3. The number of aryl methyl sites for hydroxylation is 1. The summed E-state index contributed by atoms with van der Waals surface area (Å²) in [6.07, 6.45) is 1.58. The molecule has 0 unspecified atom stereocenters. The van der Waals surface area contributed by atoms with Crippen LogP contribution in [-0.2, 0) is 10.0 Å². The summed E-state index contributed by atoms with van der Waals surface area (Å²) in [6.45, 7) is 5.23. The van der Waals surface area contributed by atoms with E-state index >= 15 is 0 Å². The number of nitrogens with one attached hydrogen (secondary N) is 2. The Kier molecular flexibility index (Phi) is 6.24. The van der Waals surface area contributed by atoms with Crippen LogP contribution in [0.4, 0.5) is 10.1 Å². The third-order valence-corrected chi connectivity index (χ3v) is 4.00. The Labute approximate surface area is 114 Å². The second-order valence-electron chi connectivity index (χ2n) is 4.49. The fourth-order valence-corrected chi connectivity index (χ4v) is 2.74. The van der Waals surface area contributed by atoms with Crippen LogP contribution in [0.25, 0.3) is 0 Å². The summed E-state index contributed by atoms with van der Waals surface area (Å²) >= 11 is 0. The highest BCUT2D eigenvalue weighted by atomic mass is 32.2. The van der Waals surface area contributed by atoms with Crippen molar-refractivity contribution < 1.29 is 12.8 Å². The van der Waals surface area contributed by atoms with Crippen LogP contribution in [0.3, 0.4) is 0 Å². The summed E-state index contributed by atoms with van der Waals surface area (Å²) in [5, 5.41) is 3.15. The molecule has 0 aromatic heterocycles. The number of anilines is 1. The zero-order valence-electron chi connectivity index (χ0n) is 11.4. The van der Waals surface area contributed by atoms with Crippen molar-refractivity contribution in [1.82, 2.24) is 5.32 Å². The van der Waals surface area contributed by atoms with Gasteiger partial charge in [0.1, 0.15) is 5.82 Å². The van der Waals surface area contributed by atoms with Crippen molar-refractivity contribution in [1.29, 1.82) is 0 Å². The van der Waals surface area contributed by atoms with Crippen molar-refractivity contribution >= 4 is 15.7 Å². The topological polar surface area (TPSA) is 58.2 Å². The fraction of sp³-hybridized carbons (Fsp3) is 0.538. The first-order valence-electron chi connectivity index (χ1n) is 6.42. The Morgan fingerprint density at radius 2 is 2.00 bits per heavy atom. The Balaban J connectivity index is 2.47. The lowest BCUT2D eigenvalue weighted by atomic mass is 10.2. The minimum Gasteiger partial charge on any atom is -0.317 e. The number of rotatable bonds is 8. The van der Waals surface area contributed by atoms with Gasteiger partial charge in [-0.15, -0.1) is 0 Å². The lowest BCUT2D eigenvalue weighted by Crippen LogP contribution is -2.22. The van der Waals surface area contributed by atoms with E-state index in [2.05, 4.69) is 17.0 Å². The van der Waals surface area contributed by atoms with Crippen LogP contribution in [0.2, 0.25) is 0 Å². The van der Waals surface area contributed by atoms with Gasteiger partial charge in [0, 0.05) is 5.69 Å². The molecule has 0 aliphatic heterocycles. The Morgan fingerprint density at radius 3 is 2.63 bits per heavy atom. The van der Waals surface area contributed by atoms with E-state index in [4.69, 9.17) is 0 Å². The lowest BCUT2D eigenvalue weighted by Gasteiger charge is -2.09. The quantitative estimate of drug-likeness (QED) is 0.721. The molecule has 0 heterocycles. The molecule has 0 radical (unpaired) electrons. The molecule has 0 fully saturated rings. The lowest BCUT2D eigenvalue weighted by molar-refractivity contribution is 0.593. The van der Waals surface area contributed by atoms with Crippen LogP contribution in [-0.4, -0.2) is 27.3 Å². The van der Waals surface area contributed by atoms with Gasteiger partial charge in [-0.05, 0) is 56.6 Å². The molecule has 1 rings (SSSR count). The average Bonchev–Trinajstić information content (AvgIpc) is 2.33. The number of hydrogen-bond donors (Lipinski definition) is 2. The van der Waals surface area contributed by atoms with Crippen molar-refractivity contribution in [3.8, 4) is 0 Å². The molecule has 0 saturated carbocycles. The van der Waals surface area contributed by atoms with E-state index in [0.717, 1.165) is 13.0 Å². The number of halogens is 1. The molecule has 4 nitrogen and oxygen atoms in total. The summed E-state index contributed by atoms with van der Waals surface area (Å²) in [7, 11) is -3.36. The third kappa shape index (κ3) is 6.02. The molecule has 0 atom stereocenters. The van der Waals surface area contributed by atoms with E-state index in [1.165, 1.54) is 18.2 Å². The van der Waals surface area contributed by atoms with Gasteiger partial charge in [-0.25, -0.2) is 12.8 Å². The van der Waals surface area contributed by atoms with Gasteiger partial charge in [0.2, 0.25) is 10.0 Å².